The van der Waals surface area contributed by atoms with Gasteiger partial charge in [-0.2, -0.15) is 11.3 Å². The zero-order valence-corrected chi connectivity index (χ0v) is 10.3. The van der Waals surface area contributed by atoms with Gasteiger partial charge in [0.15, 0.2) is 0 Å². The van der Waals surface area contributed by atoms with Gasteiger partial charge in [-0.05, 0) is 47.5 Å². The van der Waals surface area contributed by atoms with Crippen molar-refractivity contribution in [3.63, 3.8) is 0 Å². The van der Waals surface area contributed by atoms with Crippen molar-refractivity contribution in [3.8, 4) is 0 Å². The number of fused-ring (bicyclic) bond motifs is 1. The van der Waals surface area contributed by atoms with Crippen LogP contribution >= 0.6 is 22.9 Å². The van der Waals surface area contributed by atoms with Crippen molar-refractivity contribution in [1.82, 2.24) is 0 Å². The Bertz CT molecular complexity index is 493. The van der Waals surface area contributed by atoms with Crippen LogP contribution in [0.2, 0.25) is 5.02 Å². The van der Waals surface area contributed by atoms with Gasteiger partial charge in [-0.15, -0.1) is 0 Å². The summed E-state index contributed by atoms with van der Waals surface area (Å²) < 4.78 is 0. The molecule has 1 aliphatic carbocycles. The van der Waals surface area contributed by atoms with Gasteiger partial charge >= 0.3 is 0 Å². The molecule has 1 nitrogen and oxygen atoms in total. The van der Waals surface area contributed by atoms with Crippen molar-refractivity contribution in [1.29, 1.82) is 0 Å². The zero-order chi connectivity index (χ0) is 11.0. The summed E-state index contributed by atoms with van der Waals surface area (Å²) in [4.78, 5) is 0. The predicted octanol–water partition coefficient (Wildman–Crippen LogP) is 4.50. The molecule has 1 N–H and O–H groups in total. The van der Waals surface area contributed by atoms with Crippen LogP contribution in [0.1, 0.15) is 23.6 Å². The van der Waals surface area contributed by atoms with Crippen molar-refractivity contribution in [2.24, 2.45) is 0 Å². The molecule has 3 rings (SSSR count). The molecule has 2 aromatic rings. The first-order chi connectivity index (χ1) is 7.83. The standard InChI is InChI=1S/C13H12ClNS/c14-10-2-3-12-9(7-10)1-4-13(12)15-11-5-6-16-8-11/h2-3,5-8,13,15H,1,4H2. The second-order valence-corrected chi connectivity index (χ2v) is 5.31. The molecule has 0 fully saturated rings. The second-order valence-electron chi connectivity index (χ2n) is 4.09. The Balaban J connectivity index is 1.86. The topological polar surface area (TPSA) is 12.0 Å². The molecule has 0 bridgehead atoms. The van der Waals surface area contributed by atoms with Gasteiger partial charge in [0.2, 0.25) is 0 Å². The highest BCUT2D eigenvalue weighted by molar-refractivity contribution is 7.08. The summed E-state index contributed by atoms with van der Waals surface area (Å²) in [6, 6.07) is 8.79. The number of thiophene rings is 1. The van der Waals surface area contributed by atoms with Crippen LogP contribution in [-0.4, -0.2) is 0 Å². The highest BCUT2D eigenvalue weighted by Crippen LogP contribution is 2.35. The summed E-state index contributed by atoms with van der Waals surface area (Å²) in [6.45, 7) is 0. The van der Waals surface area contributed by atoms with E-state index in [0.717, 1.165) is 17.9 Å². The molecule has 0 radical (unpaired) electrons. The number of nitrogens with one attached hydrogen (secondary N) is 1. The second kappa shape index (κ2) is 4.11. The summed E-state index contributed by atoms with van der Waals surface area (Å²) in [5.74, 6) is 0. The van der Waals surface area contributed by atoms with Crippen LogP contribution in [0.3, 0.4) is 0 Å². The number of benzene rings is 1. The number of rotatable bonds is 2. The van der Waals surface area contributed by atoms with E-state index in [1.807, 2.05) is 6.07 Å². The summed E-state index contributed by atoms with van der Waals surface area (Å²) in [6.07, 6.45) is 2.28. The van der Waals surface area contributed by atoms with Gasteiger partial charge in [-0.1, -0.05) is 17.7 Å². The quantitative estimate of drug-likeness (QED) is 0.826. The molecule has 1 aromatic heterocycles. The normalized spacial score (nSPS) is 18.4. The predicted molar refractivity (Wildman–Crippen MR) is 70.5 cm³/mol. The van der Waals surface area contributed by atoms with Crippen LogP contribution in [0.15, 0.2) is 35.0 Å². The molecule has 0 spiro atoms. The van der Waals surface area contributed by atoms with E-state index in [-0.39, 0.29) is 0 Å². The van der Waals surface area contributed by atoms with Gasteiger partial charge in [-0.25, -0.2) is 0 Å². The molecule has 3 heteroatoms. The highest BCUT2D eigenvalue weighted by atomic mass is 35.5. The van der Waals surface area contributed by atoms with Crippen molar-refractivity contribution in [3.05, 3.63) is 51.2 Å². The lowest BCUT2D eigenvalue weighted by molar-refractivity contribution is 0.762. The maximum atomic E-state index is 6.00. The Morgan fingerprint density at radius 1 is 1.31 bits per heavy atom. The maximum absolute atomic E-state index is 6.00. The average Bonchev–Trinajstić information content (AvgIpc) is 2.89. The van der Waals surface area contributed by atoms with Crippen LogP contribution in [0.4, 0.5) is 5.69 Å². The van der Waals surface area contributed by atoms with Crippen LogP contribution in [0, 0.1) is 0 Å². The number of hydrogen-bond donors (Lipinski definition) is 1. The van der Waals surface area contributed by atoms with E-state index >= 15 is 0 Å². The van der Waals surface area contributed by atoms with Crippen molar-refractivity contribution in [2.45, 2.75) is 18.9 Å². The zero-order valence-electron chi connectivity index (χ0n) is 8.74. The SMILES string of the molecule is Clc1ccc2c(c1)CCC2Nc1ccsc1. The third kappa shape index (κ3) is 1.83. The smallest absolute Gasteiger partial charge is 0.0520 e. The lowest BCUT2D eigenvalue weighted by Gasteiger charge is -2.14. The molecule has 1 atom stereocenters. The number of hydrogen-bond acceptors (Lipinski definition) is 2. The number of halogens is 1. The van der Waals surface area contributed by atoms with Crippen LogP contribution < -0.4 is 5.32 Å². The van der Waals surface area contributed by atoms with Crippen LogP contribution in [0.25, 0.3) is 0 Å². The largest absolute Gasteiger partial charge is 0.378 e. The van der Waals surface area contributed by atoms with Crippen molar-refractivity contribution in [2.75, 3.05) is 5.32 Å². The molecule has 0 saturated carbocycles. The van der Waals surface area contributed by atoms with E-state index in [0.29, 0.717) is 6.04 Å². The third-order valence-corrected chi connectivity index (χ3v) is 3.96. The van der Waals surface area contributed by atoms with E-state index in [2.05, 4.69) is 34.3 Å². The van der Waals surface area contributed by atoms with E-state index in [1.54, 1.807) is 11.3 Å². The van der Waals surface area contributed by atoms with Gasteiger partial charge < -0.3 is 5.32 Å². The summed E-state index contributed by atoms with van der Waals surface area (Å²) in [5, 5.41) is 8.65. The fourth-order valence-electron chi connectivity index (χ4n) is 2.28. The minimum Gasteiger partial charge on any atom is -0.378 e. The molecule has 1 unspecified atom stereocenters. The van der Waals surface area contributed by atoms with E-state index in [1.165, 1.54) is 16.8 Å². The molecule has 82 valence electrons. The fraction of sp³-hybridized carbons (Fsp3) is 0.231. The van der Waals surface area contributed by atoms with E-state index < -0.39 is 0 Å². The van der Waals surface area contributed by atoms with Crippen LogP contribution in [0.5, 0.6) is 0 Å². The van der Waals surface area contributed by atoms with E-state index in [4.69, 9.17) is 11.6 Å². The summed E-state index contributed by atoms with van der Waals surface area (Å²) in [5.41, 5.74) is 4.01. The molecule has 16 heavy (non-hydrogen) atoms. The number of aryl methyl sites for hydroxylation is 1. The molecular formula is C13H12ClNS. The Morgan fingerprint density at radius 3 is 3.06 bits per heavy atom. The first-order valence-corrected chi connectivity index (χ1v) is 6.72. The molecule has 1 heterocycles. The van der Waals surface area contributed by atoms with Crippen LogP contribution in [-0.2, 0) is 6.42 Å². The third-order valence-electron chi connectivity index (χ3n) is 3.04. The minimum atomic E-state index is 0.446. The first kappa shape index (κ1) is 10.2. The van der Waals surface area contributed by atoms with Gasteiger partial charge in [0.1, 0.15) is 0 Å². The van der Waals surface area contributed by atoms with Gasteiger partial charge in [-0.3, -0.25) is 0 Å². The first-order valence-electron chi connectivity index (χ1n) is 5.40. The van der Waals surface area contributed by atoms with Crippen molar-refractivity contribution < 1.29 is 0 Å². The van der Waals surface area contributed by atoms with E-state index in [9.17, 15) is 0 Å². The number of anilines is 1. The van der Waals surface area contributed by atoms with Gasteiger partial charge in [0.05, 0.1) is 6.04 Å². The Kier molecular flexibility index (Phi) is 2.62. The molecule has 0 saturated heterocycles. The highest BCUT2D eigenvalue weighted by Gasteiger charge is 2.22. The average molecular weight is 250 g/mol. The molecule has 0 amide bonds. The maximum Gasteiger partial charge on any atom is 0.0520 e. The Labute approximate surface area is 104 Å². The fourth-order valence-corrected chi connectivity index (χ4v) is 3.08. The lowest BCUT2D eigenvalue weighted by Crippen LogP contribution is -2.05. The minimum absolute atomic E-state index is 0.446. The van der Waals surface area contributed by atoms with Gasteiger partial charge in [0, 0.05) is 16.1 Å². The molecule has 1 aliphatic rings. The van der Waals surface area contributed by atoms with Crippen molar-refractivity contribution >= 4 is 28.6 Å². The lowest BCUT2D eigenvalue weighted by atomic mass is 10.1. The Morgan fingerprint density at radius 2 is 2.25 bits per heavy atom. The monoisotopic (exact) mass is 249 g/mol. The molecular weight excluding hydrogens is 238 g/mol. The summed E-state index contributed by atoms with van der Waals surface area (Å²) >= 11 is 7.72. The molecule has 0 aliphatic heterocycles. The van der Waals surface area contributed by atoms with Gasteiger partial charge in [0.25, 0.3) is 0 Å². The Hall–Kier alpha value is -0.990. The molecule has 1 aromatic carbocycles. The summed E-state index contributed by atoms with van der Waals surface area (Å²) in [7, 11) is 0.